The zero-order chi connectivity index (χ0) is 11.4. The van der Waals surface area contributed by atoms with Crippen molar-refractivity contribution in [3.8, 4) is 0 Å². The molecular weight excluding hydrogens is 292 g/mol. The summed E-state index contributed by atoms with van der Waals surface area (Å²) in [5, 5.41) is 0. The molecule has 0 amide bonds. The van der Waals surface area contributed by atoms with Gasteiger partial charge >= 0.3 is 0 Å². The Morgan fingerprint density at radius 3 is 2.33 bits per heavy atom. The van der Waals surface area contributed by atoms with Crippen LogP contribution in [0, 0.1) is 0 Å². The van der Waals surface area contributed by atoms with Crippen molar-refractivity contribution in [3.63, 3.8) is 0 Å². The van der Waals surface area contributed by atoms with E-state index in [-0.39, 0.29) is 10.6 Å². The Hall–Kier alpha value is 0.0700. The largest absolute Gasteiger partial charge is 0.298 e. The van der Waals surface area contributed by atoms with E-state index < -0.39 is 0 Å². The van der Waals surface area contributed by atoms with Crippen molar-refractivity contribution in [1.29, 1.82) is 0 Å². The van der Waals surface area contributed by atoms with Crippen molar-refractivity contribution < 1.29 is 4.79 Å². The van der Waals surface area contributed by atoms with E-state index in [1.165, 1.54) is 9.79 Å². The van der Waals surface area contributed by atoms with Crippen molar-refractivity contribution in [2.75, 3.05) is 12.5 Å². The number of carbonyl (C=O) groups is 1. The molecule has 15 heavy (non-hydrogen) atoms. The highest BCUT2D eigenvalue weighted by molar-refractivity contribution is 9.09. The second-order valence-corrected chi connectivity index (χ2v) is 5.70. The lowest BCUT2D eigenvalue weighted by molar-refractivity contribution is -0.116. The molecule has 0 aromatic heterocycles. The maximum atomic E-state index is 11.2. The van der Waals surface area contributed by atoms with Gasteiger partial charge in [0.15, 0.2) is 0 Å². The van der Waals surface area contributed by atoms with E-state index in [0.29, 0.717) is 0 Å². The van der Waals surface area contributed by atoms with Crippen molar-refractivity contribution in [2.45, 2.75) is 21.5 Å². The normalized spacial score (nSPS) is 12.5. The third kappa shape index (κ3) is 3.26. The highest BCUT2D eigenvalue weighted by Gasteiger charge is 2.13. The van der Waals surface area contributed by atoms with Gasteiger partial charge in [0.2, 0.25) is 0 Å². The SMILES string of the molecule is CSc1ccc(C(Br)C(C)=O)cc1SC. The first-order chi connectivity index (χ1) is 7.10. The first-order valence-electron chi connectivity index (χ1n) is 4.46. The van der Waals surface area contributed by atoms with Crippen LogP contribution < -0.4 is 0 Å². The molecule has 1 atom stereocenters. The van der Waals surface area contributed by atoms with Crippen LogP contribution >= 0.6 is 39.5 Å². The standard InChI is InChI=1S/C11H13BrOS2/c1-7(13)11(12)8-4-5-9(14-2)10(6-8)15-3/h4-6,11H,1-3H3. The van der Waals surface area contributed by atoms with Gasteiger partial charge in [-0.3, -0.25) is 4.79 Å². The molecular formula is C11H13BrOS2. The van der Waals surface area contributed by atoms with Gasteiger partial charge in [0.1, 0.15) is 5.78 Å². The maximum absolute atomic E-state index is 11.2. The molecule has 0 spiro atoms. The van der Waals surface area contributed by atoms with Gasteiger partial charge in [0.05, 0.1) is 4.83 Å². The average molecular weight is 305 g/mol. The zero-order valence-corrected chi connectivity index (χ0v) is 12.1. The fourth-order valence-corrected chi connectivity index (χ4v) is 3.02. The first-order valence-corrected chi connectivity index (χ1v) is 7.83. The quantitative estimate of drug-likeness (QED) is 0.614. The third-order valence-corrected chi connectivity index (χ3v) is 4.93. The van der Waals surface area contributed by atoms with Crippen LogP contribution in [0.15, 0.2) is 28.0 Å². The van der Waals surface area contributed by atoms with E-state index in [0.717, 1.165) is 5.56 Å². The van der Waals surface area contributed by atoms with Gasteiger partial charge in [-0.05, 0) is 37.1 Å². The van der Waals surface area contributed by atoms with E-state index in [2.05, 4.69) is 40.6 Å². The Balaban J connectivity index is 3.07. The fraction of sp³-hybridized carbons (Fsp3) is 0.364. The summed E-state index contributed by atoms with van der Waals surface area (Å²) in [4.78, 5) is 13.5. The van der Waals surface area contributed by atoms with Crippen LogP contribution in [0.1, 0.15) is 17.3 Å². The topological polar surface area (TPSA) is 17.1 Å². The van der Waals surface area contributed by atoms with E-state index in [4.69, 9.17) is 0 Å². The number of hydrogen-bond acceptors (Lipinski definition) is 3. The Morgan fingerprint density at radius 1 is 1.27 bits per heavy atom. The van der Waals surface area contributed by atoms with Gasteiger partial charge in [-0.2, -0.15) is 0 Å². The monoisotopic (exact) mass is 304 g/mol. The molecule has 0 aliphatic carbocycles. The van der Waals surface area contributed by atoms with Crippen LogP contribution in [0.25, 0.3) is 0 Å². The smallest absolute Gasteiger partial charge is 0.147 e. The summed E-state index contributed by atoms with van der Waals surface area (Å²) < 4.78 is 0. The minimum Gasteiger partial charge on any atom is -0.298 e. The highest BCUT2D eigenvalue weighted by atomic mass is 79.9. The molecule has 0 aliphatic heterocycles. The van der Waals surface area contributed by atoms with Gasteiger partial charge < -0.3 is 0 Å². The molecule has 0 fully saturated rings. The molecule has 1 rings (SSSR count). The molecule has 4 heteroatoms. The summed E-state index contributed by atoms with van der Waals surface area (Å²) in [5.74, 6) is 0.138. The Morgan fingerprint density at radius 2 is 1.87 bits per heavy atom. The van der Waals surface area contributed by atoms with E-state index in [1.807, 2.05) is 6.07 Å². The van der Waals surface area contributed by atoms with E-state index in [9.17, 15) is 4.79 Å². The van der Waals surface area contributed by atoms with Crippen LogP contribution in [0.4, 0.5) is 0 Å². The minimum absolute atomic E-state index is 0.138. The molecule has 1 nitrogen and oxygen atoms in total. The predicted molar refractivity (Wildman–Crippen MR) is 72.4 cm³/mol. The molecule has 0 saturated carbocycles. The van der Waals surface area contributed by atoms with Crippen molar-refractivity contribution >= 4 is 45.2 Å². The molecule has 82 valence electrons. The number of ketones is 1. The van der Waals surface area contributed by atoms with E-state index >= 15 is 0 Å². The molecule has 1 unspecified atom stereocenters. The summed E-state index contributed by atoms with van der Waals surface area (Å²) in [6.07, 6.45) is 4.11. The molecule has 0 N–H and O–H groups in total. The second kappa shape index (κ2) is 5.97. The summed E-state index contributed by atoms with van der Waals surface area (Å²) in [5.41, 5.74) is 1.03. The molecule has 1 aromatic rings. The number of hydrogen-bond donors (Lipinski definition) is 0. The van der Waals surface area contributed by atoms with Gasteiger partial charge in [0.25, 0.3) is 0 Å². The molecule has 0 aliphatic rings. The Kier molecular flexibility index (Phi) is 5.23. The summed E-state index contributed by atoms with van der Waals surface area (Å²) in [7, 11) is 0. The number of carbonyl (C=O) groups excluding carboxylic acids is 1. The Bertz CT molecular complexity index is 366. The molecule has 0 bridgehead atoms. The summed E-state index contributed by atoms with van der Waals surface area (Å²) in [6.45, 7) is 1.60. The summed E-state index contributed by atoms with van der Waals surface area (Å²) in [6, 6.07) is 6.16. The van der Waals surface area contributed by atoms with Gasteiger partial charge in [-0.1, -0.05) is 22.0 Å². The van der Waals surface area contributed by atoms with Crippen molar-refractivity contribution in [3.05, 3.63) is 23.8 Å². The Labute approximate surface area is 108 Å². The van der Waals surface area contributed by atoms with Gasteiger partial charge in [-0.15, -0.1) is 23.5 Å². The fourth-order valence-electron chi connectivity index (χ4n) is 1.25. The maximum Gasteiger partial charge on any atom is 0.147 e. The van der Waals surface area contributed by atoms with Gasteiger partial charge in [0, 0.05) is 9.79 Å². The van der Waals surface area contributed by atoms with Crippen LogP contribution in [-0.2, 0) is 4.79 Å². The number of benzene rings is 1. The first kappa shape index (κ1) is 13.1. The van der Waals surface area contributed by atoms with E-state index in [1.54, 1.807) is 30.4 Å². The molecule has 0 radical (unpaired) electrons. The number of thioether (sulfide) groups is 2. The predicted octanol–water partition coefficient (Wildman–Crippen LogP) is 4.16. The number of halogens is 1. The minimum atomic E-state index is -0.181. The van der Waals surface area contributed by atoms with Crippen molar-refractivity contribution in [2.24, 2.45) is 0 Å². The number of alkyl halides is 1. The lowest BCUT2D eigenvalue weighted by Crippen LogP contribution is -2.01. The van der Waals surface area contributed by atoms with Crippen molar-refractivity contribution in [1.82, 2.24) is 0 Å². The third-order valence-electron chi connectivity index (χ3n) is 2.06. The molecule has 0 heterocycles. The summed E-state index contributed by atoms with van der Waals surface area (Å²) >= 11 is 6.83. The van der Waals surface area contributed by atoms with Gasteiger partial charge in [-0.25, -0.2) is 0 Å². The number of Topliss-reactive ketones (excluding diaryl/α,β-unsaturated/α-hetero) is 1. The second-order valence-electron chi connectivity index (χ2n) is 3.09. The molecule has 0 saturated heterocycles. The average Bonchev–Trinajstić information content (AvgIpc) is 2.26. The van der Waals surface area contributed by atoms with Crippen LogP contribution in [0.2, 0.25) is 0 Å². The molecule has 1 aromatic carbocycles. The lowest BCUT2D eigenvalue weighted by Gasteiger charge is -2.10. The highest BCUT2D eigenvalue weighted by Crippen LogP contribution is 2.33. The lowest BCUT2D eigenvalue weighted by atomic mass is 10.1. The van der Waals surface area contributed by atoms with Crippen LogP contribution in [-0.4, -0.2) is 18.3 Å². The zero-order valence-electron chi connectivity index (χ0n) is 8.91. The van der Waals surface area contributed by atoms with Crippen LogP contribution in [0.5, 0.6) is 0 Å². The van der Waals surface area contributed by atoms with Crippen LogP contribution in [0.3, 0.4) is 0 Å². The number of rotatable bonds is 4.